The van der Waals surface area contributed by atoms with Gasteiger partial charge in [-0.1, -0.05) is 11.6 Å². The van der Waals surface area contributed by atoms with Crippen LogP contribution in [0.1, 0.15) is 19.3 Å². The minimum atomic E-state index is 0.435. The number of carbonyl (C=O) groups is 1. The molecule has 3 nitrogen and oxygen atoms in total. The van der Waals surface area contributed by atoms with Crippen LogP contribution in [-0.2, 0) is 4.79 Å². The van der Waals surface area contributed by atoms with Gasteiger partial charge < -0.3 is 4.90 Å². The number of carbonyl (C=O) groups excluding carboxylic acids is 1. The minimum Gasteiger partial charge on any atom is -0.369 e. The van der Waals surface area contributed by atoms with E-state index in [1.807, 2.05) is 12.1 Å². The topological polar surface area (TPSA) is 23.6 Å². The summed E-state index contributed by atoms with van der Waals surface area (Å²) < 4.78 is 0. The number of nitrogens with zero attached hydrogens (tertiary/aromatic N) is 2. The minimum absolute atomic E-state index is 0.435. The van der Waals surface area contributed by atoms with E-state index in [2.05, 4.69) is 21.9 Å². The molecule has 0 N–H and O–H groups in total. The van der Waals surface area contributed by atoms with Crippen molar-refractivity contribution >= 4 is 23.1 Å². The van der Waals surface area contributed by atoms with Crippen LogP contribution in [0.5, 0.6) is 0 Å². The van der Waals surface area contributed by atoms with Gasteiger partial charge in [0.25, 0.3) is 0 Å². The second kappa shape index (κ2) is 5.51. The number of hydrogen-bond acceptors (Lipinski definition) is 3. The maximum absolute atomic E-state index is 11.4. The molecule has 0 radical (unpaired) electrons. The van der Waals surface area contributed by atoms with E-state index in [0.717, 1.165) is 50.5 Å². The highest BCUT2D eigenvalue weighted by atomic mass is 35.5. The highest BCUT2D eigenvalue weighted by molar-refractivity contribution is 6.30. The van der Waals surface area contributed by atoms with Gasteiger partial charge in [-0.15, -0.1) is 0 Å². The third kappa shape index (κ3) is 2.93. The van der Waals surface area contributed by atoms with Crippen molar-refractivity contribution in [3.05, 3.63) is 29.3 Å². The summed E-state index contributed by atoms with van der Waals surface area (Å²) in [5.74, 6) is 0.435. The number of anilines is 1. The molecular weight excluding hydrogens is 260 g/mol. The van der Waals surface area contributed by atoms with Gasteiger partial charge in [0.05, 0.1) is 0 Å². The normalized spacial score (nSPS) is 25.0. The van der Waals surface area contributed by atoms with Gasteiger partial charge in [0, 0.05) is 55.8 Å². The number of Topliss-reactive ketones (excluding diaryl/α,β-unsaturated/α-hetero) is 1. The second-order valence-corrected chi connectivity index (χ2v) is 5.87. The molecule has 19 heavy (non-hydrogen) atoms. The molecule has 4 heteroatoms. The first-order valence-electron chi connectivity index (χ1n) is 6.98. The molecule has 1 aliphatic heterocycles. The van der Waals surface area contributed by atoms with Crippen LogP contribution < -0.4 is 4.90 Å². The molecule has 102 valence electrons. The van der Waals surface area contributed by atoms with Crippen LogP contribution in [0.25, 0.3) is 0 Å². The van der Waals surface area contributed by atoms with E-state index in [4.69, 9.17) is 11.6 Å². The van der Waals surface area contributed by atoms with Gasteiger partial charge in [0.2, 0.25) is 0 Å². The fourth-order valence-electron chi connectivity index (χ4n) is 3.10. The summed E-state index contributed by atoms with van der Waals surface area (Å²) in [5, 5.41) is 0.784. The molecule has 0 spiro atoms. The number of hydrogen-bond donors (Lipinski definition) is 0. The monoisotopic (exact) mass is 278 g/mol. The summed E-state index contributed by atoms with van der Waals surface area (Å²) in [4.78, 5) is 16.2. The van der Waals surface area contributed by atoms with Crippen LogP contribution in [0.2, 0.25) is 5.02 Å². The Kier molecular flexibility index (Phi) is 3.76. The van der Waals surface area contributed by atoms with Crippen molar-refractivity contribution in [3.63, 3.8) is 0 Å². The van der Waals surface area contributed by atoms with E-state index in [0.29, 0.717) is 11.8 Å². The van der Waals surface area contributed by atoms with Crippen molar-refractivity contribution in [2.45, 2.75) is 25.3 Å². The maximum Gasteiger partial charge on any atom is 0.134 e. The molecule has 1 aliphatic carbocycles. The first-order chi connectivity index (χ1) is 9.22. The van der Waals surface area contributed by atoms with Gasteiger partial charge in [0.1, 0.15) is 5.78 Å². The molecule has 1 saturated heterocycles. The average Bonchev–Trinajstić information content (AvgIpc) is 2.87. The van der Waals surface area contributed by atoms with Crippen LogP contribution in [0.4, 0.5) is 5.69 Å². The summed E-state index contributed by atoms with van der Waals surface area (Å²) >= 11 is 5.91. The summed E-state index contributed by atoms with van der Waals surface area (Å²) in [6, 6.07) is 8.55. The summed E-state index contributed by atoms with van der Waals surface area (Å²) in [6.45, 7) is 4.18. The summed E-state index contributed by atoms with van der Waals surface area (Å²) in [6.07, 6.45) is 2.60. The molecule has 1 aromatic rings. The summed E-state index contributed by atoms with van der Waals surface area (Å²) in [7, 11) is 0. The molecule has 1 saturated carbocycles. The zero-order valence-corrected chi connectivity index (χ0v) is 11.8. The molecule has 1 atom stereocenters. The largest absolute Gasteiger partial charge is 0.369 e. The molecule has 3 rings (SSSR count). The Morgan fingerprint density at radius 2 is 1.74 bits per heavy atom. The van der Waals surface area contributed by atoms with Gasteiger partial charge in [-0.2, -0.15) is 0 Å². The Morgan fingerprint density at radius 1 is 1.05 bits per heavy atom. The first-order valence-corrected chi connectivity index (χ1v) is 7.36. The Bertz CT molecular complexity index is 452. The van der Waals surface area contributed by atoms with E-state index >= 15 is 0 Å². The van der Waals surface area contributed by atoms with E-state index in [1.54, 1.807) is 0 Å². The maximum atomic E-state index is 11.4. The number of ketones is 1. The van der Waals surface area contributed by atoms with Crippen molar-refractivity contribution in [2.24, 2.45) is 0 Å². The number of halogens is 1. The quantitative estimate of drug-likeness (QED) is 0.831. The van der Waals surface area contributed by atoms with Crippen molar-refractivity contribution in [1.29, 1.82) is 0 Å². The van der Waals surface area contributed by atoms with E-state index in [9.17, 15) is 4.79 Å². The van der Waals surface area contributed by atoms with E-state index in [-0.39, 0.29) is 0 Å². The molecule has 1 aromatic carbocycles. The van der Waals surface area contributed by atoms with Gasteiger partial charge in [-0.05, 0) is 30.7 Å². The zero-order valence-electron chi connectivity index (χ0n) is 11.0. The predicted molar refractivity (Wildman–Crippen MR) is 77.9 cm³/mol. The van der Waals surface area contributed by atoms with Crippen LogP contribution in [0, 0.1) is 0 Å². The fourth-order valence-corrected chi connectivity index (χ4v) is 3.23. The first kappa shape index (κ1) is 12.9. The van der Waals surface area contributed by atoms with Gasteiger partial charge in [-0.3, -0.25) is 9.69 Å². The Labute approximate surface area is 119 Å². The fraction of sp³-hybridized carbons (Fsp3) is 0.533. The number of piperazine rings is 1. The molecule has 1 heterocycles. The molecular formula is C15H19ClN2O. The van der Waals surface area contributed by atoms with E-state index < -0.39 is 0 Å². The van der Waals surface area contributed by atoms with Crippen molar-refractivity contribution in [2.75, 3.05) is 31.1 Å². The SMILES string of the molecule is O=C1CCC(N2CCN(c3ccc(Cl)cc3)CC2)C1. The molecule has 0 bridgehead atoms. The Morgan fingerprint density at radius 3 is 2.32 bits per heavy atom. The molecule has 2 fully saturated rings. The zero-order chi connectivity index (χ0) is 13.2. The third-order valence-electron chi connectivity index (χ3n) is 4.24. The number of rotatable bonds is 2. The van der Waals surface area contributed by atoms with Gasteiger partial charge in [-0.25, -0.2) is 0 Å². The lowest BCUT2D eigenvalue weighted by Crippen LogP contribution is -2.49. The van der Waals surface area contributed by atoms with Gasteiger partial charge in [0.15, 0.2) is 0 Å². The highest BCUT2D eigenvalue weighted by Crippen LogP contribution is 2.24. The molecule has 0 aromatic heterocycles. The highest BCUT2D eigenvalue weighted by Gasteiger charge is 2.29. The number of benzene rings is 1. The smallest absolute Gasteiger partial charge is 0.134 e. The lowest BCUT2D eigenvalue weighted by atomic mass is 10.1. The standard InChI is InChI=1S/C15H19ClN2O/c16-12-1-3-13(4-2-12)17-7-9-18(10-8-17)14-5-6-15(19)11-14/h1-4,14H,5-11H2. The van der Waals surface area contributed by atoms with Crippen LogP contribution in [0.15, 0.2) is 24.3 Å². The Hall–Kier alpha value is -1.06. The van der Waals surface area contributed by atoms with E-state index in [1.165, 1.54) is 5.69 Å². The predicted octanol–water partition coefficient (Wildman–Crippen LogP) is 2.58. The third-order valence-corrected chi connectivity index (χ3v) is 4.49. The summed E-state index contributed by atoms with van der Waals surface area (Å²) in [5.41, 5.74) is 1.24. The van der Waals surface area contributed by atoms with Crippen LogP contribution in [0.3, 0.4) is 0 Å². The van der Waals surface area contributed by atoms with Gasteiger partial charge >= 0.3 is 0 Å². The van der Waals surface area contributed by atoms with Crippen LogP contribution in [-0.4, -0.2) is 42.9 Å². The van der Waals surface area contributed by atoms with Crippen molar-refractivity contribution < 1.29 is 4.79 Å². The molecule has 1 unspecified atom stereocenters. The van der Waals surface area contributed by atoms with Crippen molar-refractivity contribution in [3.8, 4) is 0 Å². The lowest BCUT2D eigenvalue weighted by molar-refractivity contribution is -0.117. The lowest BCUT2D eigenvalue weighted by Gasteiger charge is -2.38. The van der Waals surface area contributed by atoms with Crippen molar-refractivity contribution in [1.82, 2.24) is 4.90 Å². The molecule has 0 amide bonds. The Balaban J connectivity index is 1.57. The second-order valence-electron chi connectivity index (χ2n) is 5.43. The van der Waals surface area contributed by atoms with Crippen LogP contribution >= 0.6 is 11.6 Å². The molecule has 2 aliphatic rings. The average molecular weight is 279 g/mol.